The van der Waals surface area contributed by atoms with Crippen molar-refractivity contribution in [3.05, 3.63) is 51.8 Å². The van der Waals surface area contributed by atoms with E-state index in [-0.39, 0.29) is 0 Å². The number of benzene rings is 1. The first-order valence-corrected chi connectivity index (χ1v) is 6.03. The lowest BCUT2D eigenvalue weighted by Gasteiger charge is -2.07. The lowest BCUT2D eigenvalue weighted by atomic mass is 9.99. The van der Waals surface area contributed by atoms with Crippen molar-refractivity contribution in [3.63, 3.8) is 0 Å². The van der Waals surface area contributed by atoms with Crippen LogP contribution < -0.4 is 0 Å². The first-order valence-electron chi connectivity index (χ1n) is 5.23. The Labute approximate surface area is 113 Å². The molecule has 1 aromatic carbocycles. The number of aryl methyl sites for hydroxylation is 1. The number of nitrogens with zero attached hydrogens (tertiary/aromatic N) is 3. The maximum atomic E-state index is 9.20. The molecule has 0 saturated carbocycles. The minimum Gasteiger partial charge on any atom is -0.241 e. The summed E-state index contributed by atoms with van der Waals surface area (Å²) < 4.78 is 0.969. The molecule has 0 atom stereocenters. The van der Waals surface area contributed by atoms with Crippen LogP contribution in [0.3, 0.4) is 0 Å². The summed E-state index contributed by atoms with van der Waals surface area (Å²) in [6, 6.07) is 13.4. The van der Waals surface area contributed by atoms with Crippen LogP contribution >= 0.6 is 15.9 Å². The van der Waals surface area contributed by atoms with Crippen molar-refractivity contribution in [2.24, 2.45) is 0 Å². The molecule has 0 aliphatic carbocycles. The zero-order chi connectivity index (χ0) is 13.1. The van der Waals surface area contributed by atoms with E-state index in [9.17, 15) is 5.26 Å². The molecule has 0 N–H and O–H groups in total. The summed E-state index contributed by atoms with van der Waals surface area (Å²) in [4.78, 5) is 4.07. The van der Waals surface area contributed by atoms with Gasteiger partial charge in [0, 0.05) is 10.0 Å². The predicted molar refractivity (Wildman–Crippen MR) is 71.5 cm³/mol. The molecule has 18 heavy (non-hydrogen) atoms. The fraction of sp³-hybridized carbons (Fsp3) is 0.0714. The maximum Gasteiger partial charge on any atom is 0.141 e. The van der Waals surface area contributed by atoms with Gasteiger partial charge in [0.15, 0.2) is 0 Å². The molecule has 2 rings (SSSR count). The Morgan fingerprint density at radius 3 is 2.33 bits per heavy atom. The monoisotopic (exact) mass is 297 g/mol. The predicted octanol–water partition coefficient (Wildman–Crippen LogP) is 3.56. The molecule has 0 spiro atoms. The highest BCUT2D eigenvalue weighted by Gasteiger charge is 2.11. The van der Waals surface area contributed by atoms with Gasteiger partial charge in [-0.15, -0.1) is 0 Å². The van der Waals surface area contributed by atoms with Crippen molar-refractivity contribution >= 4 is 15.9 Å². The number of nitriles is 2. The van der Waals surface area contributed by atoms with Crippen molar-refractivity contribution < 1.29 is 0 Å². The van der Waals surface area contributed by atoms with E-state index in [2.05, 4.69) is 27.0 Å². The van der Waals surface area contributed by atoms with Gasteiger partial charge in [0.1, 0.15) is 17.8 Å². The normalized spacial score (nSPS) is 9.56. The highest BCUT2D eigenvalue weighted by Crippen LogP contribution is 2.27. The summed E-state index contributed by atoms with van der Waals surface area (Å²) in [7, 11) is 0. The van der Waals surface area contributed by atoms with Gasteiger partial charge in [-0.1, -0.05) is 28.1 Å². The van der Waals surface area contributed by atoms with Gasteiger partial charge in [-0.3, -0.25) is 0 Å². The van der Waals surface area contributed by atoms with Crippen LogP contribution in [0.25, 0.3) is 11.1 Å². The molecule has 0 aliphatic heterocycles. The maximum absolute atomic E-state index is 9.20. The number of halogens is 1. The smallest absolute Gasteiger partial charge is 0.141 e. The van der Waals surface area contributed by atoms with Crippen LogP contribution in [0.15, 0.2) is 34.8 Å². The summed E-state index contributed by atoms with van der Waals surface area (Å²) in [5.41, 5.74) is 3.06. The first kappa shape index (κ1) is 12.3. The van der Waals surface area contributed by atoms with E-state index >= 15 is 0 Å². The Morgan fingerprint density at radius 1 is 1.11 bits per heavy atom. The second-order valence-electron chi connectivity index (χ2n) is 3.75. The molecule has 0 bridgehead atoms. The van der Waals surface area contributed by atoms with E-state index in [1.165, 1.54) is 0 Å². The Balaban J connectivity index is 2.70. The van der Waals surface area contributed by atoms with E-state index in [1.54, 1.807) is 13.0 Å². The molecular formula is C14H8BrN3. The molecule has 1 heterocycles. The number of rotatable bonds is 1. The molecule has 0 aliphatic rings. The topological polar surface area (TPSA) is 60.5 Å². The molecule has 86 valence electrons. The van der Waals surface area contributed by atoms with Gasteiger partial charge in [0.2, 0.25) is 0 Å². The zero-order valence-corrected chi connectivity index (χ0v) is 11.2. The van der Waals surface area contributed by atoms with Gasteiger partial charge in [-0.2, -0.15) is 10.5 Å². The average molecular weight is 298 g/mol. The third-order valence-electron chi connectivity index (χ3n) is 2.58. The van der Waals surface area contributed by atoms with E-state index in [4.69, 9.17) is 5.26 Å². The van der Waals surface area contributed by atoms with Gasteiger partial charge >= 0.3 is 0 Å². The summed E-state index contributed by atoms with van der Waals surface area (Å²) in [6.07, 6.45) is 0. The third kappa shape index (κ3) is 2.25. The lowest BCUT2D eigenvalue weighted by molar-refractivity contribution is 1.15. The average Bonchev–Trinajstić information content (AvgIpc) is 2.38. The van der Waals surface area contributed by atoms with Crippen LogP contribution in [-0.2, 0) is 0 Å². The Morgan fingerprint density at radius 2 is 1.78 bits per heavy atom. The van der Waals surface area contributed by atoms with Gasteiger partial charge in [-0.05, 0) is 30.7 Å². The molecule has 4 heteroatoms. The van der Waals surface area contributed by atoms with Gasteiger partial charge in [0.25, 0.3) is 0 Å². The molecule has 0 fully saturated rings. The largest absolute Gasteiger partial charge is 0.241 e. The quantitative estimate of drug-likeness (QED) is 0.808. The van der Waals surface area contributed by atoms with Crippen molar-refractivity contribution in [1.82, 2.24) is 4.98 Å². The Kier molecular flexibility index (Phi) is 3.41. The molecular weight excluding hydrogens is 290 g/mol. The number of hydrogen-bond donors (Lipinski definition) is 0. The van der Waals surface area contributed by atoms with Crippen molar-refractivity contribution in [1.29, 1.82) is 10.5 Å². The van der Waals surface area contributed by atoms with Gasteiger partial charge < -0.3 is 0 Å². The van der Waals surface area contributed by atoms with Crippen LogP contribution in [0.2, 0.25) is 0 Å². The zero-order valence-electron chi connectivity index (χ0n) is 9.61. The van der Waals surface area contributed by atoms with Crippen molar-refractivity contribution in [3.8, 4) is 23.3 Å². The highest BCUT2D eigenvalue weighted by atomic mass is 79.9. The van der Waals surface area contributed by atoms with Crippen molar-refractivity contribution in [2.45, 2.75) is 6.92 Å². The van der Waals surface area contributed by atoms with Crippen LogP contribution in [0, 0.1) is 29.6 Å². The van der Waals surface area contributed by atoms with Crippen LogP contribution in [0.4, 0.5) is 0 Å². The molecule has 0 amide bonds. The van der Waals surface area contributed by atoms with E-state index in [1.807, 2.05) is 30.3 Å². The van der Waals surface area contributed by atoms with E-state index in [0.29, 0.717) is 17.0 Å². The minimum absolute atomic E-state index is 0.324. The molecule has 0 unspecified atom stereocenters. The fourth-order valence-electron chi connectivity index (χ4n) is 1.73. The van der Waals surface area contributed by atoms with Crippen LogP contribution in [-0.4, -0.2) is 4.98 Å². The molecule has 1 aromatic heterocycles. The summed E-state index contributed by atoms with van der Waals surface area (Å²) in [5, 5.41) is 18.1. The summed E-state index contributed by atoms with van der Waals surface area (Å²) >= 11 is 3.37. The van der Waals surface area contributed by atoms with Gasteiger partial charge in [0.05, 0.1) is 11.3 Å². The highest BCUT2D eigenvalue weighted by molar-refractivity contribution is 9.10. The number of pyridine rings is 1. The van der Waals surface area contributed by atoms with E-state index < -0.39 is 0 Å². The standard InChI is InChI=1S/C14H8BrN3/c1-9-14(8-17)13(6-12(7-16)18-9)10-2-4-11(15)5-3-10/h2-6H,1H3. The third-order valence-corrected chi connectivity index (χ3v) is 3.11. The number of aromatic nitrogens is 1. The Hall–Kier alpha value is -2.17. The van der Waals surface area contributed by atoms with Crippen LogP contribution in [0.5, 0.6) is 0 Å². The fourth-order valence-corrected chi connectivity index (χ4v) is 1.99. The van der Waals surface area contributed by atoms with Crippen molar-refractivity contribution in [2.75, 3.05) is 0 Å². The molecule has 2 aromatic rings. The second-order valence-corrected chi connectivity index (χ2v) is 4.66. The minimum atomic E-state index is 0.324. The molecule has 0 radical (unpaired) electrons. The summed E-state index contributed by atoms with van der Waals surface area (Å²) in [6.45, 7) is 1.74. The van der Waals surface area contributed by atoms with E-state index in [0.717, 1.165) is 15.6 Å². The number of hydrogen-bond acceptors (Lipinski definition) is 3. The molecule has 3 nitrogen and oxygen atoms in total. The Bertz CT molecular complexity index is 676. The first-order chi connectivity index (χ1) is 8.65. The van der Waals surface area contributed by atoms with Gasteiger partial charge in [-0.25, -0.2) is 4.98 Å². The SMILES string of the molecule is Cc1nc(C#N)cc(-c2ccc(Br)cc2)c1C#N. The lowest BCUT2D eigenvalue weighted by Crippen LogP contribution is -1.95. The van der Waals surface area contributed by atoms with Crippen LogP contribution in [0.1, 0.15) is 17.0 Å². The molecule has 0 saturated heterocycles. The second kappa shape index (κ2) is 5.00. The summed E-state index contributed by atoms with van der Waals surface area (Å²) in [5.74, 6) is 0.